The predicted molar refractivity (Wildman–Crippen MR) is 83.5 cm³/mol. The van der Waals surface area contributed by atoms with Crippen molar-refractivity contribution in [3.63, 3.8) is 0 Å². The van der Waals surface area contributed by atoms with Crippen molar-refractivity contribution in [3.05, 3.63) is 71.3 Å². The van der Waals surface area contributed by atoms with Crippen LogP contribution in [0.4, 0.5) is 0 Å². The van der Waals surface area contributed by atoms with E-state index in [1.165, 1.54) is 16.4 Å². The second kappa shape index (κ2) is 6.69. The van der Waals surface area contributed by atoms with Gasteiger partial charge in [-0.25, -0.2) is 0 Å². The van der Waals surface area contributed by atoms with E-state index in [0.717, 1.165) is 17.5 Å². The number of aryl methyl sites for hydroxylation is 1. The van der Waals surface area contributed by atoms with Gasteiger partial charge in [-0.15, -0.1) is 0 Å². The summed E-state index contributed by atoms with van der Waals surface area (Å²) < 4.78 is 1.17. The number of benzene rings is 2. The van der Waals surface area contributed by atoms with Gasteiger partial charge >= 0.3 is 0 Å². The average Bonchev–Trinajstić information content (AvgIpc) is 2.46. The molecule has 0 atom stereocenters. The highest BCUT2D eigenvalue weighted by Crippen LogP contribution is 2.12. The Balaban J connectivity index is 2.12. The lowest BCUT2D eigenvalue weighted by Gasteiger charge is -2.03. The number of halogens is 1. The maximum atomic E-state index is 12.2. The minimum Gasteiger partial charge on any atom is -0.289 e. The van der Waals surface area contributed by atoms with Gasteiger partial charge < -0.3 is 0 Å². The molecular weight excluding hydrogens is 335 g/mol. The van der Waals surface area contributed by atoms with Crippen molar-refractivity contribution in [2.24, 2.45) is 0 Å². The molecule has 0 N–H and O–H groups in total. The third-order valence-corrected chi connectivity index (χ3v) is 3.61. The molecule has 0 radical (unpaired) electrons. The molecule has 0 aliphatic heterocycles. The fourth-order valence-corrected chi connectivity index (χ4v) is 2.23. The molecule has 0 bridgehead atoms. The van der Waals surface area contributed by atoms with Crippen LogP contribution in [0, 0.1) is 0 Å². The fraction of sp³-hybridized carbons (Fsp3) is 0.188. The van der Waals surface area contributed by atoms with E-state index in [1.807, 2.05) is 42.5 Å². The Morgan fingerprint density at radius 2 is 1.50 bits per heavy atom. The highest BCUT2D eigenvalue weighted by molar-refractivity contribution is 14.1. The van der Waals surface area contributed by atoms with Crippen LogP contribution in [0.15, 0.2) is 54.6 Å². The van der Waals surface area contributed by atoms with E-state index < -0.39 is 0 Å². The second-order valence-electron chi connectivity index (χ2n) is 4.18. The molecule has 0 fully saturated rings. The van der Waals surface area contributed by atoms with Crippen LogP contribution in [0.2, 0.25) is 0 Å². The monoisotopic (exact) mass is 350 g/mol. The zero-order valence-electron chi connectivity index (χ0n) is 10.1. The molecule has 2 rings (SSSR count). The van der Waals surface area contributed by atoms with E-state index in [9.17, 15) is 4.79 Å². The number of hydrogen-bond acceptors (Lipinski definition) is 1. The van der Waals surface area contributed by atoms with E-state index >= 15 is 0 Å². The normalized spacial score (nSPS) is 10.3. The first-order valence-electron chi connectivity index (χ1n) is 6.06. The first-order chi connectivity index (χ1) is 8.81. The van der Waals surface area contributed by atoms with Crippen LogP contribution in [0.1, 0.15) is 27.9 Å². The lowest BCUT2D eigenvalue weighted by atomic mass is 10.0. The summed E-state index contributed by atoms with van der Waals surface area (Å²) in [6, 6.07) is 17.4. The summed E-state index contributed by atoms with van der Waals surface area (Å²) in [6.07, 6.45) is 2.27. The summed E-state index contributed by atoms with van der Waals surface area (Å²) in [5, 5.41) is 0. The maximum absolute atomic E-state index is 12.2. The number of ketones is 1. The fourth-order valence-electron chi connectivity index (χ4n) is 1.85. The minimum absolute atomic E-state index is 0.0936. The smallest absolute Gasteiger partial charge is 0.193 e. The zero-order valence-corrected chi connectivity index (χ0v) is 12.3. The summed E-state index contributed by atoms with van der Waals surface area (Å²) in [7, 11) is 0. The number of alkyl halides is 1. The van der Waals surface area contributed by atoms with Gasteiger partial charge in [-0.3, -0.25) is 4.79 Å². The lowest BCUT2D eigenvalue weighted by Crippen LogP contribution is -2.01. The molecule has 0 aromatic heterocycles. The Morgan fingerprint density at radius 1 is 0.889 bits per heavy atom. The average molecular weight is 350 g/mol. The molecule has 0 amide bonds. The van der Waals surface area contributed by atoms with Crippen molar-refractivity contribution in [1.29, 1.82) is 0 Å². The van der Waals surface area contributed by atoms with E-state index in [0.29, 0.717) is 0 Å². The number of carbonyl (C=O) groups excluding carboxylic acids is 1. The van der Waals surface area contributed by atoms with Gasteiger partial charge in [-0.05, 0) is 22.8 Å². The molecule has 0 aliphatic rings. The summed E-state index contributed by atoms with van der Waals surface area (Å²) in [6.45, 7) is 0. The maximum Gasteiger partial charge on any atom is 0.193 e. The second-order valence-corrected chi connectivity index (χ2v) is 5.26. The van der Waals surface area contributed by atoms with Crippen LogP contribution in [-0.2, 0) is 6.42 Å². The molecule has 92 valence electrons. The quantitative estimate of drug-likeness (QED) is 0.447. The van der Waals surface area contributed by atoms with Crippen molar-refractivity contribution >= 4 is 28.4 Å². The van der Waals surface area contributed by atoms with E-state index in [-0.39, 0.29) is 5.78 Å². The molecule has 2 heteroatoms. The largest absolute Gasteiger partial charge is 0.289 e. The Hall–Kier alpha value is -1.16. The molecule has 1 nitrogen and oxygen atoms in total. The van der Waals surface area contributed by atoms with Crippen molar-refractivity contribution in [2.75, 3.05) is 4.43 Å². The Kier molecular flexibility index (Phi) is 4.93. The van der Waals surface area contributed by atoms with Crippen molar-refractivity contribution in [3.8, 4) is 0 Å². The molecule has 0 heterocycles. The Bertz CT molecular complexity index is 502. The standard InChI is InChI=1S/C16H15IO/c17-12-4-5-13-8-10-15(11-9-13)16(18)14-6-2-1-3-7-14/h1-3,6-11H,4-5,12H2. The molecule has 0 unspecified atom stereocenters. The third kappa shape index (κ3) is 3.42. The summed E-state index contributed by atoms with van der Waals surface area (Å²) >= 11 is 2.39. The minimum atomic E-state index is 0.0936. The zero-order chi connectivity index (χ0) is 12.8. The third-order valence-electron chi connectivity index (χ3n) is 2.85. The first kappa shape index (κ1) is 13.3. The molecule has 18 heavy (non-hydrogen) atoms. The highest BCUT2D eigenvalue weighted by atomic mass is 127. The lowest BCUT2D eigenvalue weighted by molar-refractivity contribution is 0.103. The molecule has 0 aliphatic carbocycles. The Labute approximate surface area is 121 Å². The SMILES string of the molecule is O=C(c1ccccc1)c1ccc(CCCI)cc1. The highest BCUT2D eigenvalue weighted by Gasteiger charge is 2.07. The molecule has 0 saturated carbocycles. The molecular formula is C16H15IO. The van der Waals surface area contributed by atoms with E-state index in [2.05, 4.69) is 34.7 Å². The van der Waals surface area contributed by atoms with Crippen LogP contribution in [0.3, 0.4) is 0 Å². The van der Waals surface area contributed by atoms with Crippen molar-refractivity contribution in [2.45, 2.75) is 12.8 Å². The van der Waals surface area contributed by atoms with Gasteiger partial charge in [-0.1, -0.05) is 77.2 Å². The van der Waals surface area contributed by atoms with Gasteiger partial charge in [0.2, 0.25) is 0 Å². The van der Waals surface area contributed by atoms with Crippen LogP contribution in [0.5, 0.6) is 0 Å². The van der Waals surface area contributed by atoms with Crippen LogP contribution in [-0.4, -0.2) is 10.2 Å². The van der Waals surface area contributed by atoms with Crippen LogP contribution in [0.25, 0.3) is 0 Å². The number of rotatable bonds is 5. The van der Waals surface area contributed by atoms with Gasteiger partial charge in [0.25, 0.3) is 0 Å². The number of carbonyl (C=O) groups is 1. The molecule has 2 aromatic rings. The number of hydrogen-bond donors (Lipinski definition) is 0. The van der Waals surface area contributed by atoms with E-state index in [1.54, 1.807) is 0 Å². The summed E-state index contributed by atoms with van der Waals surface area (Å²) in [4.78, 5) is 12.2. The molecule has 2 aromatic carbocycles. The van der Waals surface area contributed by atoms with E-state index in [4.69, 9.17) is 0 Å². The van der Waals surface area contributed by atoms with Gasteiger partial charge in [0, 0.05) is 11.1 Å². The van der Waals surface area contributed by atoms with Crippen LogP contribution < -0.4 is 0 Å². The van der Waals surface area contributed by atoms with Gasteiger partial charge in [0.15, 0.2) is 5.78 Å². The van der Waals surface area contributed by atoms with Gasteiger partial charge in [0.1, 0.15) is 0 Å². The van der Waals surface area contributed by atoms with Crippen LogP contribution >= 0.6 is 22.6 Å². The predicted octanol–water partition coefficient (Wildman–Crippen LogP) is 4.29. The summed E-state index contributed by atoms with van der Waals surface area (Å²) in [5.41, 5.74) is 2.81. The van der Waals surface area contributed by atoms with Crippen molar-refractivity contribution in [1.82, 2.24) is 0 Å². The molecule has 0 saturated heterocycles. The Morgan fingerprint density at radius 3 is 2.11 bits per heavy atom. The van der Waals surface area contributed by atoms with Crippen molar-refractivity contribution < 1.29 is 4.79 Å². The molecule has 0 spiro atoms. The first-order valence-corrected chi connectivity index (χ1v) is 7.58. The summed E-state index contributed by atoms with van der Waals surface area (Å²) in [5.74, 6) is 0.0936. The van der Waals surface area contributed by atoms with Gasteiger partial charge in [-0.2, -0.15) is 0 Å². The van der Waals surface area contributed by atoms with Gasteiger partial charge in [0.05, 0.1) is 0 Å². The topological polar surface area (TPSA) is 17.1 Å².